The molecule has 3 rings (SSSR count). The summed E-state index contributed by atoms with van der Waals surface area (Å²) >= 11 is 0. The van der Waals surface area contributed by atoms with Crippen LogP contribution in [0.5, 0.6) is 0 Å². The SMILES string of the molecule is CCC(=O)Nc1ccc(S(=O)(=O)NCCc2ccc(N3CCCCCC3)cc2)cc1. The van der Waals surface area contributed by atoms with E-state index in [-0.39, 0.29) is 10.8 Å². The van der Waals surface area contributed by atoms with Gasteiger partial charge in [-0.3, -0.25) is 4.79 Å². The average molecular weight is 430 g/mol. The summed E-state index contributed by atoms with van der Waals surface area (Å²) in [6.07, 6.45) is 6.12. The quantitative estimate of drug-likeness (QED) is 0.666. The van der Waals surface area contributed by atoms with Gasteiger partial charge in [0, 0.05) is 37.4 Å². The van der Waals surface area contributed by atoms with Crippen molar-refractivity contribution in [3.8, 4) is 0 Å². The maximum Gasteiger partial charge on any atom is 0.240 e. The minimum atomic E-state index is -3.58. The third-order valence-corrected chi connectivity index (χ3v) is 6.86. The lowest BCUT2D eigenvalue weighted by Crippen LogP contribution is -2.26. The Kier molecular flexibility index (Phi) is 7.87. The number of carbonyl (C=O) groups is 1. The van der Waals surface area contributed by atoms with Gasteiger partial charge in [-0.05, 0) is 61.2 Å². The predicted octanol–water partition coefficient (Wildman–Crippen LogP) is 3.94. The summed E-state index contributed by atoms with van der Waals surface area (Å²) in [5.41, 5.74) is 2.94. The fourth-order valence-corrected chi connectivity index (χ4v) is 4.61. The van der Waals surface area contributed by atoms with Crippen molar-refractivity contribution in [1.82, 2.24) is 4.72 Å². The summed E-state index contributed by atoms with van der Waals surface area (Å²) < 4.78 is 27.7. The van der Waals surface area contributed by atoms with E-state index < -0.39 is 10.0 Å². The van der Waals surface area contributed by atoms with Crippen LogP contribution in [0.15, 0.2) is 53.4 Å². The zero-order valence-corrected chi connectivity index (χ0v) is 18.4. The van der Waals surface area contributed by atoms with Gasteiger partial charge in [-0.15, -0.1) is 0 Å². The van der Waals surface area contributed by atoms with Crippen molar-refractivity contribution in [3.05, 3.63) is 54.1 Å². The number of amides is 1. The summed E-state index contributed by atoms with van der Waals surface area (Å²) in [5.74, 6) is -0.106. The Balaban J connectivity index is 1.51. The Labute approximate surface area is 179 Å². The van der Waals surface area contributed by atoms with Crippen molar-refractivity contribution >= 4 is 27.3 Å². The molecule has 0 atom stereocenters. The Hall–Kier alpha value is -2.38. The first kappa shape index (κ1) is 22.3. The van der Waals surface area contributed by atoms with Crippen LogP contribution in [0.2, 0.25) is 0 Å². The average Bonchev–Trinajstić information content (AvgIpc) is 3.04. The lowest BCUT2D eigenvalue weighted by Gasteiger charge is -2.22. The van der Waals surface area contributed by atoms with E-state index in [1.54, 1.807) is 19.1 Å². The maximum atomic E-state index is 12.5. The zero-order chi connectivity index (χ0) is 21.4. The lowest BCUT2D eigenvalue weighted by molar-refractivity contribution is -0.115. The number of carbonyl (C=O) groups excluding carboxylic acids is 1. The molecule has 0 spiro atoms. The molecule has 1 heterocycles. The van der Waals surface area contributed by atoms with Crippen LogP contribution in [-0.4, -0.2) is 34.0 Å². The number of hydrogen-bond donors (Lipinski definition) is 2. The van der Waals surface area contributed by atoms with Crippen LogP contribution in [0.1, 0.15) is 44.6 Å². The molecule has 0 bridgehead atoms. The van der Waals surface area contributed by atoms with Gasteiger partial charge in [0.1, 0.15) is 0 Å². The number of nitrogens with zero attached hydrogens (tertiary/aromatic N) is 1. The number of benzene rings is 2. The molecular formula is C23H31N3O3S. The molecular weight excluding hydrogens is 398 g/mol. The highest BCUT2D eigenvalue weighted by molar-refractivity contribution is 7.89. The number of nitrogens with one attached hydrogen (secondary N) is 2. The molecule has 0 aliphatic carbocycles. The fourth-order valence-electron chi connectivity index (χ4n) is 3.58. The van der Waals surface area contributed by atoms with E-state index >= 15 is 0 Å². The second kappa shape index (κ2) is 10.6. The summed E-state index contributed by atoms with van der Waals surface area (Å²) in [7, 11) is -3.58. The third kappa shape index (κ3) is 6.31. The highest BCUT2D eigenvalue weighted by Gasteiger charge is 2.14. The van der Waals surface area contributed by atoms with Crippen molar-refractivity contribution < 1.29 is 13.2 Å². The van der Waals surface area contributed by atoms with Gasteiger partial charge in [0.05, 0.1) is 4.90 Å². The van der Waals surface area contributed by atoms with E-state index in [1.165, 1.54) is 43.5 Å². The zero-order valence-electron chi connectivity index (χ0n) is 17.6. The van der Waals surface area contributed by atoms with Crippen molar-refractivity contribution in [3.63, 3.8) is 0 Å². The van der Waals surface area contributed by atoms with Gasteiger partial charge in [0.2, 0.25) is 15.9 Å². The van der Waals surface area contributed by atoms with Crippen molar-refractivity contribution in [1.29, 1.82) is 0 Å². The molecule has 1 aliphatic heterocycles. The van der Waals surface area contributed by atoms with Gasteiger partial charge >= 0.3 is 0 Å². The van der Waals surface area contributed by atoms with Crippen LogP contribution in [0, 0.1) is 0 Å². The molecule has 0 saturated carbocycles. The van der Waals surface area contributed by atoms with Crippen LogP contribution >= 0.6 is 0 Å². The molecule has 2 N–H and O–H groups in total. The molecule has 1 amide bonds. The second-order valence-electron chi connectivity index (χ2n) is 7.64. The van der Waals surface area contributed by atoms with Crippen molar-refractivity contribution in [2.45, 2.75) is 50.3 Å². The van der Waals surface area contributed by atoms with Crippen LogP contribution in [0.3, 0.4) is 0 Å². The van der Waals surface area contributed by atoms with Crippen LogP contribution in [-0.2, 0) is 21.2 Å². The normalized spacial score (nSPS) is 14.9. The van der Waals surface area contributed by atoms with Gasteiger partial charge < -0.3 is 10.2 Å². The maximum absolute atomic E-state index is 12.5. The second-order valence-corrected chi connectivity index (χ2v) is 9.41. The molecule has 2 aromatic carbocycles. The van der Waals surface area contributed by atoms with Crippen LogP contribution < -0.4 is 14.9 Å². The van der Waals surface area contributed by atoms with Gasteiger partial charge in [-0.25, -0.2) is 13.1 Å². The standard InChI is InChI=1S/C23H31N3O3S/c1-2-23(27)25-20-9-13-22(14-10-20)30(28,29)24-16-15-19-7-11-21(12-8-19)26-17-5-3-4-6-18-26/h7-14,24H,2-6,15-18H2,1H3,(H,25,27). The van der Waals surface area contributed by atoms with Crippen LogP contribution in [0.25, 0.3) is 0 Å². The first-order chi connectivity index (χ1) is 14.5. The molecule has 30 heavy (non-hydrogen) atoms. The Morgan fingerprint density at radius 2 is 1.57 bits per heavy atom. The van der Waals surface area contributed by atoms with E-state index in [0.717, 1.165) is 18.7 Å². The van der Waals surface area contributed by atoms with E-state index in [9.17, 15) is 13.2 Å². The Morgan fingerprint density at radius 1 is 0.933 bits per heavy atom. The van der Waals surface area contributed by atoms with Crippen molar-refractivity contribution in [2.75, 3.05) is 29.9 Å². The molecule has 6 nitrogen and oxygen atoms in total. The molecule has 2 aromatic rings. The van der Waals surface area contributed by atoms with E-state index in [0.29, 0.717) is 25.1 Å². The van der Waals surface area contributed by atoms with Crippen molar-refractivity contribution in [2.24, 2.45) is 0 Å². The highest BCUT2D eigenvalue weighted by Crippen LogP contribution is 2.20. The largest absolute Gasteiger partial charge is 0.372 e. The van der Waals surface area contributed by atoms with E-state index in [1.807, 2.05) is 0 Å². The smallest absolute Gasteiger partial charge is 0.240 e. The number of hydrogen-bond acceptors (Lipinski definition) is 4. The van der Waals surface area contributed by atoms with Gasteiger partial charge in [0.25, 0.3) is 0 Å². The van der Waals surface area contributed by atoms with E-state index in [2.05, 4.69) is 39.2 Å². The molecule has 7 heteroatoms. The minimum absolute atomic E-state index is 0.106. The third-order valence-electron chi connectivity index (χ3n) is 5.38. The Morgan fingerprint density at radius 3 is 2.17 bits per heavy atom. The summed E-state index contributed by atoms with van der Waals surface area (Å²) in [6.45, 7) is 4.32. The summed E-state index contributed by atoms with van der Waals surface area (Å²) in [5, 5.41) is 2.71. The first-order valence-electron chi connectivity index (χ1n) is 10.7. The molecule has 0 unspecified atom stereocenters. The summed E-state index contributed by atoms with van der Waals surface area (Å²) in [6, 6.07) is 14.6. The monoisotopic (exact) mass is 429 g/mol. The molecule has 162 valence electrons. The molecule has 1 saturated heterocycles. The Bertz CT molecular complexity index is 917. The molecule has 0 radical (unpaired) electrons. The lowest BCUT2D eigenvalue weighted by atomic mass is 10.1. The molecule has 1 fully saturated rings. The first-order valence-corrected chi connectivity index (χ1v) is 12.2. The number of rotatable bonds is 8. The molecule has 1 aliphatic rings. The van der Waals surface area contributed by atoms with Gasteiger partial charge in [0.15, 0.2) is 0 Å². The minimum Gasteiger partial charge on any atom is -0.372 e. The number of anilines is 2. The topological polar surface area (TPSA) is 78.5 Å². The molecule has 0 aromatic heterocycles. The van der Waals surface area contributed by atoms with Gasteiger partial charge in [-0.2, -0.15) is 0 Å². The fraction of sp³-hybridized carbons (Fsp3) is 0.435. The van der Waals surface area contributed by atoms with E-state index in [4.69, 9.17) is 0 Å². The number of sulfonamides is 1. The highest BCUT2D eigenvalue weighted by atomic mass is 32.2. The predicted molar refractivity (Wildman–Crippen MR) is 121 cm³/mol. The van der Waals surface area contributed by atoms with Crippen LogP contribution in [0.4, 0.5) is 11.4 Å². The summed E-state index contributed by atoms with van der Waals surface area (Å²) in [4.78, 5) is 14.0. The van der Waals surface area contributed by atoms with Gasteiger partial charge in [-0.1, -0.05) is 31.9 Å².